The average molecular weight is 453 g/mol. The van der Waals surface area contributed by atoms with Crippen LogP contribution in [-0.2, 0) is 16.0 Å². The number of rotatable bonds is 7. The summed E-state index contributed by atoms with van der Waals surface area (Å²) in [5, 5.41) is 24.0. The first-order valence-electron chi connectivity index (χ1n) is 10.3. The van der Waals surface area contributed by atoms with Crippen molar-refractivity contribution in [2.75, 3.05) is 12.4 Å². The third kappa shape index (κ3) is 4.86. The van der Waals surface area contributed by atoms with Crippen molar-refractivity contribution in [3.63, 3.8) is 0 Å². The number of hydrogen-bond acceptors (Lipinski definition) is 7. The lowest BCUT2D eigenvalue weighted by atomic mass is 9.91. The molecule has 1 heterocycles. The van der Waals surface area contributed by atoms with Gasteiger partial charge in [-0.15, -0.1) is 0 Å². The Bertz CT molecular complexity index is 979. The largest absolute Gasteiger partial charge is 0.469 e. The minimum absolute atomic E-state index is 0.00653. The zero-order valence-corrected chi connectivity index (χ0v) is 18.0. The summed E-state index contributed by atoms with van der Waals surface area (Å²) >= 11 is 0. The van der Waals surface area contributed by atoms with E-state index < -0.39 is 47.9 Å². The van der Waals surface area contributed by atoms with E-state index in [2.05, 4.69) is 15.3 Å². The predicted octanol–water partition coefficient (Wildman–Crippen LogP) is 3.35. The zero-order valence-electron chi connectivity index (χ0n) is 18.0. The van der Waals surface area contributed by atoms with Crippen LogP contribution in [0.1, 0.15) is 66.4 Å². The number of carbonyl (C=O) groups excluding carboxylic acids is 1. The third-order valence-corrected chi connectivity index (χ3v) is 5.71. The molecule has 3 rings (SSSR count). The van der Waals surface area contributed by atoms with E-state index in [1.165, 1.54) is 19.2 Å². The lowest BCUT2D eigenvalue weighted by Crippen LogP contribution is -2.26. The molecule has 1 fully saturated rings. The summed E-state index contributed by atoms with van der Waals surface area (Å²) in [6.07, 6.45) is -4.29. The first kappa shape index (κ1) is 23.9. The molecule has 7 nitrogen and oxygen atoms in total. The molecule has 0 bridgehead atoms. The van der Waals surface area contributed by atoms with Gasteiger partial charge in [0, 0.05) is 17.0 Å². The van der Waals surface area contributed by atoms with Gasteiger partial charge in [0.25, 0.3) is 6.43 Å². The second-order valence-corrected chi connectivity index (χ2v) is 7.89. The Kier molecular flexibility index (Phi) is 7.35. The normalized spacial score (nSPS) is 19.9. The van der Waals surface area contributed by atoms with Gasteiger partial charge in [-0.3, -0.25) is 4.79 Å². The Morgan fingerprint density at radius 1 is 1.22 bits per heavy atom. The maximum atomic E-state index is 14.7. The highest BCUT2D eigenvalue weighted by molar-refractivity contribution is 5.73. The van der Waals surface area contributed by atoms with Crippen LogP contribution < -0.4 is 5.32 Å². The molecule has 2 aromatic rings. The van der Waals surface area contributed by atoms with Crippen molar-refractivity contribution in [1.29, 1.82) is 0 Å². The highest BCUT2D eigenvalue weighted by atomic mass is 19.3. The number of nitrogens with zero attached hydrogens (tertiary/aromatic N) is 2. The second kappa shape index (κ2) is 9.83. The first-order chi connectivity index (χ1) is 15.1. The van der Waals surface area contributed by atoms with Crippen LogP contribution >= 0.6 is 0 Å². The Morgan fingerprint density at radius 2 is 1.84 bits per heavy atom. The number of methoxy groups -OCH3 is 1. The SMILES string of the molecule is COC(=O)Cc1nc(C)nc(N[C@H](C)c2cccc(C(F)F)c2F)c1C1[C@H](O)CC[C@H]1O. The van der Waals surface area contributed by atoms with Crippen LogP contribution in [0.5, 0.6) is 0 Å². The highest BCUT2D eigenvalue weighted by Gasteiger charge is 2.39. The number of benzene rings is 1. The zero-order chi connectivity index (χ0) is 23.6. The maximum Gasteiger partial charge on any atom is 0.311 e. The molecule has 3 N–H and O–H groups in total. The summed E-state index contributed by atoms with van der Waals surface area (Å²) in [6, 6.07) is 2.97. The summed E-state index contributed by atoms with van der Waals surface area (Å²) in [6.45, 7) is 3.18. The number of anilines is 1. The number of hydrogen-bond donors (Lipinski definition) is 3. The number of halogens is 3. The number of esters is 1. The van der Waals surface area contributed by atoms with Crippen LogP contribution in [0.15, 0.2) is 18.2 Å². The standard InChI is InChI=1S/C22H26F3N3O4/c1-10(12-5-4-6-13(20(12)23)21(24)25)26-22-18(19-15(29)7-8-16(19)30)14(9-17(31)32-3)27-11(2)28-22/h4-6,10,15-16,19,21,29-30H,7-9H2,1-3H3,(H,26,27,28)/t10-,15-,16-/m1/s1. The molecule has 0 aliphatic heterocycles. The number of nitrogens with one attached hydrogen (secondary N) is 1. The summed E-state index contributed by atoms with van der Waals surface area (Å²) in [5.41, 5.74) is -0.100. The summed E-state index contributed by atoms with van der Waals surface area (Å²) in [5.74, 6) is -1.88. The van der Waals surface area contributed by atoms with Crippen LogP contribution in [0.3, 0.4) is 0 Å². The molecule has 3 atom stereocenters. The molecular weight excluding hydrogens is 427 g/mol. The van der Waals surface area contributed by atoms with Gasteiger partial charge in [0.15, 0.2) is 0 Å². The first-order valence-corrected chi connectivity index (χ1v) is 10.3. The Morgan fingerprint density at radius 3 is 2.44 bits per heavy atom. The number of ether oxygens (including phenoxy) is 1. The molecule has 0 spiro atoms. The van der Waals surface area contributed by atoms with Gasteiger partial charge in [-0.25, -0.2) is 23.1 Å². The molecule has 32 heavy (non-hydrogen) atoms. The van der Waals surface area contributed by atoms with Gasteiger partial charge < -0.3 is 20.3 Å². The Balaban J connectivity index is 2.07. The molecule has 1 aliphatic rings. The molecule has 1 aliphatic carbocycles. The molecule has 0 radical (unpaired) electrons. The number of alkyl halides is 2. The van der Waals surface area contributed by atoms with E-state index in [1.807, 2.05) is 0 Å². The molecule has 1 saturated carbocycles. The number of aliphatic hydroxyl groups is 2. The van der Waals surface area contributed by atoms with Gasteiger partial charge >= 0.3 is 5.97 Å². The van der Waals surface area contributed by atoms with Crippen molar-refractivity contribution < 1.29 is 32.9 Å². The molecule has 0 saturated heterocycles. The van der Waals surface area contributed by atoms with Gasteiger partial charge in [0.05, 0.1) is 43.0 Å². The van der Waals surface area contributed by atoms with E-state index in [-0.39, 0.29) is 23.5 Å². The maximum absolute atomic E-state index is 14.7. The minimum Gasteiger partial charge on any atom is -0.469 e. The Labute approximate surface area is 183 Å². The van der Waals surface area contributed by atoms with Crippen LogP contribution in [0.4, 0.5) is 19.0 Å². The fraction of sp³-hybridized carbons (Fsp3) is 0.500. The van der Waals surface area contributed by atoms with Crippen LogP contribution in [0.2, 0.25) is 0 Å². The fourth-order valence-corrected chi connectivity index (χ4v) is 4.14. The third-order valence-electron chi connectivity index (χ3n) is 5.71. The van der Waals surface area contributed by atoms with Crippen LogP contribution in [-0.4, -0.2) is 45.5 Å². The van der Waals surface area contributed by atoms with E-state index in [0.717, 1.165) is 6.07 Å². The van der Waals surface area contributed by atoms with Crippen molar-refractivity contribution in [3.05, 3.63) is 52.2 Å². The molecule has 0 amide bonds. The lowest BCUT2D eigenvalue weighted by molar-refractivity contribution is -0.139. The van der Waals surface area contributed by atoms with Gasteiger partial charge in [0.2, 0.25) is 0 Å². The molecule has 174 valence electrons. The summed E-state index contributed by atoms with van der Waals surface area (Å²) in [7, 11) is 1.23. The quantitative estimate of drug-likeness (QED) is 0.552. The number of aryl methyl sites for hydroxylation is 1. The van der Waals surface area contributed by atoms with Gasteiger partial charge in [-0.1, -0.05) is 18.2 Å². The monoisotopic (exact) mass is 453 g/mol. The van der Waals surface area contributed by atoms with E-state index >= 15 is 0 Å². The molecule has 0 unspecified atom stereocenters. The smallest absolute Gasteiger partial charge is 0.311 e. The van der Waals surface area contributed by atoms with Crippen molar-refractivity contribution in [2.45, 2.75) is 63.7 Å². The van der Waals surface area contributed by atoms with Gasteiger partial charge in [0.1, 0.15) is 17.5 Å². The molecule has 10 heteroatoms. The Hall–Kier alpha value is -2.72. The van der Waals surface area contributed by atoms with E-state index in [4.69, 9.17) is 4.74 Å². The van der Waals surface area contributed by atoms with E-state index in [9.17, 15) is 28.2 Å². The lowest BCUT2D eigenvalue weighted by Gasteiger charge is -2.26. The van der Waals surface area contributed by atoms with Crippen molar-refractivity contribution in [3.8, 4) is 0 Å². The van der Waals surface area contributed by atoms with Crippen LogP contribution in [0, 0.1) is 12.7 Å². The van der Waals surface area contributed by atoms with Crippen molar-refractivity contribution >= 4 is 11.8 Å². The van der Waals surface area contributed by atoms with E-state index in [0.29, 0.717) is 24.2 Å². The predicted molar refractivity (Wildman–Crippen MR) is 110 cm³/mol. The molecular formula is C22H26F3N3O4. The topological polar surface area (TPSA) is 105 Å². The number of aliphatic hydroxyl groups excluding tert-OH is 2. The molecule has 1 aromatic carbocycles. The van der Waals surface area contributed by atoms with Crippen LogP contribution in [0.25, 0.3) is 0 Å². The van der Waals surface area contributed by atoms with Crippen molar-refractivity contribution in [1.82, 2.24) is 9.97 Å². The number of carbonyl (C=O) groups is 1. The fourth-order valence-electron chi connectivity index (χ4n) is 4.14. The number of aromatic nitrogens is 2. The second-order valence-electron chi connectivity index (χ2n) is 7.89. The van der Waals surface area contributed by atoms with Gasteiger partial charge in [-0.2, -0.15) is 0 Å². The van der Waals surface area contributed by atoms with Gasteiger partial charge in [-0.05, 0) is 26.7 Å². The molecule has 1 aromatic heterocycles. The summed E-state index contributed by atoms with van der Waals surface area (Å²) < 4.78 is 45.7. The minimum atomic E-state index is -2.96. The average Bonchev–Trinajstić information content (AvgIpc) is 3.05. The van der Waals surface area contributed by atoms with Crippen molar-refractivity contribution in [2.24, 2.45) is 0 Å². The highest BCUT2D eigenvalue weighted by Crippen LogP contribution is 2.40. The van der Waals surface area contributed by atoms with E-state index in [1.54, 1.807) is 13.8 Å². The summed E-state index contributed by atoms with van der Waals surface area (Å²) in [4.78, 5) is 20.7.